The summed E-state index contributed by atoms with van der Waals surface area (Å²) < 4.78 is 10.9. The predicted molar refractivity (Wildman–Crippen MR) is 78.1 cm³/mol. The van der Waals surface area contributed by atoms with Crippen molar-refractivity contribution in [2.45, 2.75) is 18.9 Å². The van der Waals surface area contributed by atoms with Crippen LogP contribution in [0.1, 0.15) is 12.8 Å². The van der Waals surface area contributed by atoms with Gasteiger partial charge in [-0.2, -0.15) is 0 Å². The minimum Gasteiger partial charge on any atom is -0.376 e. The third kappa shape index (κ3) is 5.87. The molecule has 0 bridgehead atoms. The topological polar surface area (TPSA) is 54.9 Å². The van der Waals surface area contributed by atoms with Crippen molar-refractivity contribution in [1.82, 2.24) is 10.6 Å². The molecule has 0 aromatic carbocycles. The Bertz CT molecular complexity index is 241. The van der Waals surface area contributed by atoms with Crippen LogP contribution in [-0.2, 0) is 9.47 Å². The van der Waals surface area contributed by atoms with Crippen LogP contribution in [0.4, 0.5) is 0 Å². The molecule has 1 aliphatic heterocycles. The van der Waals surface area contributed by atoms with Crippen LogP contribution in [0.2, 0.25) is 0 Å². The molecule has 2 N–H and O–H groups in total. The first kappa shape index (κ1) is 15.0. The Labute approximate surface area is 120 Å². The number of rotatable bonds is 4. The molecule has 0 aromatic rings. The average Bonchev–Trinajstić information content (AvgIpc) is 3.15. The summed E-state index contributed by atoms with van der Waals surface area (Å²) >= 11 is 0. The second-order valence-corrected chi connectivity index (χ2v) is 4.35. The number of hydrogen-bond acceptors (Lipinski definition) is 3. The summed E-state index contributed by atoms with van der Waals surface area (Å²) in [7, 11) is 1.79. The second kappa shape index (κ2) is 8.10. The van der Waals surface area contributed by atoms with Crippen molar-refractivity contribution in [3.05, 3.63) is 0 Å². The van der Waals surface area contributed by atoms with Gasteiger partial charge in [0.1, 0.15) is 0 Å². The molecule has 2 aliphatic rings. The van der Waals surface area contributed by atoms with Crippen molar-refractivity contribution in [3.8, 4) is 0 Å². The highest BCUT2D eigenvalue weighted by atomic mass is 127. The standard InChI is InChI=1S/C11H21N3O2.HI/c1-12-11(13-6-9-2-3-9)14-7-10-8-15-4-5-16-10;/h9-10H,2-8H2,1H3,(H2,12,13,14);1H. The van der Waals surface area contributed by atoms with Crippen molar-refractivity contribution in [1.29, 1.82) is 0 Å². The molecule has 1 saturated heterocycles. The molecule has 0 spiro atoms. The zero-order valence-corrected chi connectivity index (χ0v) is 12.6. The van der Waals surface area contributed by atoms with Crippen molar-refractivity contribution < 1.29 is 9.47 Å². The number of halogens is 1. The van der Waals surface area contributed by atoms with Gasteiger partial charge in [0.15, 0.2) is 5.96 Å². The Morgan fingerprint density at radius 2 is 2.00 bits per heavy atom. The number of nitrogens with zero attached hydrogens (tertiary/aromatic N) is 1. The Morgan fingerprint density at radius 3 is 2.59 bits per heavy atom. The second-order valence-electron chi connectivity index (χ2n) is 4.35. The summed E-state index contributed by atoms with van der Waals surface area (Å²) in [4.78, 5) is 4.17. The fourth-order valence-corrected chi connectivity index (χ4v) is 1.65. The van der Waals surface area contributed by atoms with Crippen LogP contribution < -0.4 is 10.6 Å². The molecule has 2 fully saturated rings. The van der Waals surface area contributed by atoms with Gasteiger partial charge in [-0.25, -0.2) is 0 Å². The highest BCUT2D eigenvalue weighted by Crippen LogP contribution is 2.27. The zero-order chi connectivity index (χ0) is 11.2. The van der Waals surface area contributed by atoms with E-state index in [1.54, 1.807) is 7.05 Å². The molecule has 1 aliphatic carbocycles. The Morgan fingerprint density at radius 1 is 1.24 bits per heavy atom. The van der Waals surface area contributed by atoms with E-state index in [-0.39, 0.29) is 30.1 Å². The molecule has 2 rings (SSSR count). The first-order chi connectivity index (χ1) is 7.88. The highest BCUT2D eigenvalue weighted by Gasteiger charge is 2.21. The quantitative estimate of drug-likeness (QED) is 0.441. The third-order valence-electron chi connectivity index (χ3n) is 2.86. The van der Waals surface area contributed by atoms with Crippen LogP contribution in [0, 0.1) is 5.92 Å². The van der Waals surface area contributed by atoms with Crippen LogP contribution in [-0.4, -0.2) is 52.0 Å². The molecule has 1 heterocycles. The lowest BCUT2D eigenvalue weighted by molar-refractivity contribution is -0.0850. The molecular formula is C11H22IN3O2. The molecule has 0 radical (unpaired) electrons. The number of hydrogen-bond donors (Lipinski definition) is 2. The third-order valence-corrected chi connectivity index (χ3v) is 2.86. The Hall–Kier alpha value is -0.0800. The molecule has 1 atom stereocenters. The van der Waals surface area contributed by atoms with E-state index in [1.165, 1.54) is 12.8 Å². The number of nitrogens with one attached hydrogen (secondary N) is 2. The van der Waals surface area contributed by atoms with Crippen LogP contribution >= 0.6 is 24.0 Å². The highest BCUT2D eigenvalue weighted by molar-refractivity contribution is 14.0. The lowest BCUT2D eigenvalue weighted by atomic mass is 10.3. The molecule has 5 nitrogen and oxygen atoms in total. The van der Waals surface area contributed by atoms with Gasteiger partial charge in [-0.3, -0.25) is 4.99 Å². The molecule has 6 heteroatoms. The minimum absolute atomic E-state index is 0. The van der Waals surface area contributed by atoms with Gasteiger partial charge in [0, 0.05) is 20.1 Å². The zero-order valence-electron chi connectivity index (χ0n) is 10.3. The lowest BCUT2D eigenvalue weighted by Gasteiger charge is -2.24. The van der Waals surface area contributed by atoms with Crippen LogP contribution in [0.5, 0.6) is 0 Å². The number of guanidine groups is 1. The van der Waals surface area contributed by atoms with E-state index in [0.717, 1.165) is 25.0 Å². The largest absolute Gasteiger partial charge is 0.376 e. The molecule has 100 valence electrons. The Kier molecular flexibility index (Phi) is 7.14. The fraction of sp³-hybridized carbons (Fsp3) is 0.909. The molecule has 0 aromatic heterocycles. The first-order valence-electron chi connectivity index (χ1n) is 6.02. The molecule has 1 unspecified atom stereocenters. The SMILES string of the molecule is CN=C(NCC1CC1)NCC1COCCO1.I. The van der Waals surface area contributed by atoms with E-state index in [9.17, 15) is 0 Å². The molecule has 1 saturated carbocycles. The fourth-order valence-electron chi connectivity index (χ4n) is 1.65. The molecular weight excluding hydrogens is 333 g/mol. The van der Waals surface area contributed by atoms with E-state index in [4.69, 9.17) is 9.47 Å². The normalized spacial score (nSPS) is 25.0. The van der Waals surface area contributed by atoms with Crippen LogP contribution in [0.3, 0.4) is 0 Å². The summed E-state index contributed by atoms with van der Waals surface area (Å²) in [6.45, 7) is 3.87. The summed E-state index contributed by atoms with van der Waals surface area (Å²) in [6, 6.07) is 0. The van der Waals surface area contributed by atoms with Gasteiger partial charge >= 0.3 is 0 Å². The van der Waals surface area contributed by atoms with E-state index in [0.29, 0.717) is 19.8 Å². The van der Waals surface area contributed by atoms with Crippen molar-refractivity contribution in [3.63, 3.8) is 0 Å². The Balaban J connectivity index is 0.00000144. The molecule has 17 heavy (non-hydrogen) atoms. The van der Waals surface area contributed by atoms with Crippen LogP contribution in [0.25, 0.3) is 0 Å². The number of aliphatic imine (C=N–C) groups is 1. The smallest absolute Gasteiger partial charge is 0.191 e. The van der Waals surface area contributed by atoms with E-state index >= 15 is 0 Å². The van der Waals surface area contributed by atoms with Crippen molar-refractivity contribution in [2.24, 2.45) is 10.9 Å². The van der Waals surface area contributed by atoms with E-state index < -0.39 is 0 Å². The van der Waals surface area contributed by atoms with Gasteiger partial charge < -0.3 is 20.1 Å². The van der Waals surface area contributed by atoms with Gasteiger partial charge in [0.2, 0.25) is 0 Å². The summed E-state index contributed by atoms with van der Waals surface area (Å²) in [5, 5.41) is 6.57. The van der Waals surface area contributed by atoms with E-state index in [1.807, 2.05) is 0 Å². The maximum absolute atomic E-state index is 5.54. The first-order valence-corrected chi connectivity index (χ1v) is 6.02. The van der Waals surface area contributed by atoms with Gasteiger partial charge in [-0.1, -0.05) is 0 Å². The summed E-state index contributed by atoms with van der Waals surface area (Å²) in [5.41, 5.74) is 0. The summed E-state index contributed by atoms with van der Waals surface area (Å²) in [5.74, 6) is 1.72. The van der Waals surface area contributed by atoms with Gasteiger partial charge in [-0.05, 0) is 18.8 Å². The minimum atomic E-state index is 0. The monoisotopic (exact) mass is 355 g/mol. The number of ether oxygens (including phenoxy) is 2. The predicted octanol–water partition coefficient (Wildman–Crippen LogP) is 0.595. The lowest BCUT2D eigenvalue weighted by Crippen LogP contribution is -2.45. The van der Waals surface area contributed by atoms with Crippen molar-refractivity contribution in [2.75, 3.05) is 40.0 Å². The maximum atomic E-state index is 5.54. The van der Waals surface area contributed by atoms with Gasteiger partial charge in [0.05, 0.1) is 25.9 Å². The summed E-state index contributed by atoms with van der Waals surface area (Å²) in [6.07, 6.45) is 2.85. The van der Waals surface area contributed by atoms with Gasteiger partial charge in [0.25, 0.3) is 0 Å². The van der Waals surface area contributed by atoms with Crippen molar-refractivity contribution >= 4 is 29.9 Å². The van der Waals surface area contributed by atoms with Gasteiger partial charge in [-0.15, -0.1) is 24.0 Å². The maximum Gasteiger partial charge on any atom is 0.191 e. The van der Waals surface area contributed by atoms with Crippen LogP contribution in [0.15, 0.2) is 4.99 Å². The molecule has 0 amide bonds. The average molecular weight is 355 g/mol. The van der Waals surface area contributed by atoms with E-state index in [2.05, 4.69) is 15.6 Å².